The quantitative estimate of drug-likeness (QED) is 0.797. The van der Waals surface area contributed by atoms with Gasteiger partial charge in [0, 0.05) is 10.0 Å². The van der Waals surface area contributed by atoms with Gasteiger partial charge in [-0.3, -0.25) is 0 Å². The van der Waals surface area contributed by atoms with Crippen molar-refractivity contribution < 1.29 is 5.11 Å². The molecule has 0 saturated heterocycles. The monoisotopic (exact) mass is 335 g/mol. The summed E-state index contributed by atoms with van der Waals surface area (Å²) in [6, 6.07) is 14.8. The smallest absolute Gasteiger partial charge is 0.0985 e. The number of hydrogen-bond donors (Lipinski definition) is 2. The van der Waals surface area contributed by atoms with Gasteiger partial charge in [0.1, 0.15) is 0 Å². The number of rotatable bonds is 6. The van der Waals surface area contributed by atoms with Crippen molar-refractivity contribution in [1.29, 1.82) is 0 Å². The Balaban J connectivity index is 1.84. The van der Waals surface area contributed by atoms with E-state index >= 15 is 0 Å². The lowest BCUT2D eigenvalue weighted by Gasteiger charge is -2.25. The molecule has 2 nitrogen and oxygen atoms in total. The lowest BCUT2D eigenvalue weighted by atomic mass is 9.95. The van der Waals surface area contributed by atoms with E-state index in [1.807, 2.05) is 48.5 Å². The first-order valence-corrected chi connectivity index (χ1v) is 8.31. The number of nitrogens with one attached hydrogen (secondary N) is 1. The summed E-state index contributed by atoms with van der Waals surface area (Å²) < 4.78 is 0. The van der Waals surface area contributed by atoms with Crippen LogP contribution in [-0.4, -0.2) is 11.7 Å². The summed E-state index contributed by atoms with van der Waals surface area (Å²) in [5, 5.41) is 15.6. The van der Waals surface area contributed by atoms with Gasteiger partial charge < -0.3 is 10.4 Å². The van der Waals surface area contributed by atoms with Crippen LogP contribution in [0.4, 0.5) is 0 Å². The molecule has 22 heavy (non-hydrogen) atoms. The number of halogens is 2. The van der Waals surface area contributed by atoms with Gasteiger partial charge >= 0.3 is 0 Å². The van der Waals surface area contributed by atoms with Gasteiger partial charge in [0.25, 0.3) is 0 Å². The second-order valence-corrected chi connectivity index (χ2v) is 6.75. The topological polar surface area (TPSA) is 32.3 Å². The maximum absolute atomic E-state index is 10.8. The first-order chi connectivity index (χ1) is 10.6. The number of benzene rings is 2. The first kappa shape index (κ1) is 15.8. The Hall–Kier alpha value is -1.06. The van der Waals surface area contributed by atoms with E-state index in [0.717, 1.165) is 23.6 Å². The van der Waals surface area contributed by atoms with E-state index in [-0.39, 0.29) is 6.04 Å². The molecule has 2 aromatic rings. The van der Waals surface area contributed by atoms with Crippen molar-refractivity contribution in [1.82, 2.24) is 5.32 Å². The van der Waals surface area contributed by atoms with Gasteiger partial charge in [0.15, 0.2) is 0 Å². The third kappa shape index (κ3) is 4.02. The normalized spacial score (nSPS) is 17.2. The Morgan fingerprint density at radius 3 is 2.36 bits per heavy atom. The van der Waals surface area contributed by atoms with Crippen molar-refractivity contribution in [2.24, 2.45) is 5.92 Å². The van der Waals surface area contributed by atoms with Crippen molar-refractivity contribution in [3.63, 3.8) is 0 Å². The minimum absolute atomic E-state index is 0.170. The summed E-state index contributed by atoms with van der Waals surface area (Å²) in [7, 11) is 0. The van der Waals surface area contributed by atoms with Crippen molar-refractivity contribution in [3.8, 4) is 0 Å². The summed E-state index contributed by atoms with van der Waals surface area (Å²) in [5.74, 6) is 0.737. The van der Waals surface area contributed by atoms with E-state index < -0.39 is 6.10 Å². The zero-order valence-electron chi connectivity index (χ0n) is 12.2. The third-order valence-corrected chi connectivity index (χ3v) is 4.55. The Bertz CT molecular complexity index is 625. The van der Waals surface area contributed by atoms with Gasteiger partial charge in [0.2, 0.25) is 0 Å². The molecule has 116 valence electrons. The molecule has 0 aliphatic heterocycles. The molecule has 2 atom stereocenters. The Morgan fingerprint density at radius 2 is 1.73 bits per heavy atom. The fraction of sp³-hybridized carbons (Fsp3) is 0.333. The van der Waals surface area contributed by atoms with Crippen LogP contribution in [0.1, 0.15) is 36.1 Å². The molecule has 1 fully saturated rings. The van der Waals surface area contributed by atoms with Crippen LogP contribution in [0.2, 0.25) is 10.0 Å². The standard InChI is InChI=1S/C18H19Cl2NO/c19-15-8-6-13(7-9-15)17(21-11-12-4-5-12)18(22)14-2-1-3-16(20)10-14/h1-3,6-10,12,17-18,21-22H,4-5,11H2. The fourth-order valence-corrected chi connectivity index (χ4v) is 2.91. The molecule has 0 amide bonds. The summed E-state index contributed by atoms with van der Waals surface area (Å²) in [6.07, 6.45) is 1.89. The molecule has 3 rings (SSSR count). The molecule has 1 aliphatic rings. The van der Waals surface area contributed by atoms with Crippen molar-refractivity contribution in [3.05, 3.63) is 69.7 Å². The summed E-state index contributed by atoms with van der Waals surface area (Å²) in [4.78, 5) is 0. The predicted molar refractivity (Wildman–Crippen MR) is 91.3 cm³/mol. The van der Waals surface area contributed by atoms with Crippen molar-refractivity contribution in [2.75, 3.05) is 6.54 Å². The highest BCUT2D eigenvalue weighted by Gasteiger charge is 2.27. The predicted octanol–water partition coefficient (Wildman–Crippen LogP) is 4.77. The van der Waals surface area contributed by atoms with Crippen molar-refractivity contribution >= 4 is 23.2 Å². The van der Waals surface area contributed by atoms with Gasteiger partial charge in [-0.05, 0) is 60.7 Å². The summed E-state index contributed by atoms with van der Waals surface area (Å²) >= 11 is 12.0. The van der Waals surface area contributed by atoms with Crippen LogP contribution in [0.5, 0.6) is 0 Å². The van der Waals surface area contributed by atoms with Gasteiger partial charge in [-0.25, -0.2) is 0 Å². The average Bonchev–Trinajstić information content (AvgIpc) is 3.33. The van der Waals surface area contributed by atoms with Gasteiger partial charge in [-0.15, -0.1) is 0 Å². The molecular formula is C18H19Cl2NO. The highest BCUT2D eigenvalue weighted by Crippen LogP contribution is 2.33. The molecule has 0 radical (unpaired) electrons. The van der Waals surface area contributed by atoms with Crippen molar-refractivity contribution in [2.45, 2.75) is 25.0 Å². The van der Waals surface area contributed by atoms with E-state index in [2.05, 4.69) is 5.32 Å². The van der Waals surface area contributed by atoms with E-state index in [1.54, 1.807) is 0 Å². The molecule has 2 aromatic carbocycles. The lowest BCUT2D eigenvalue weighted by molar-refractivity contribution is 0.128. The van der Waals surface area contributed by atoms with Gasteiger partial charge in [0.05, 0.1) is 12.1 Å². The molecule has 1 aliphatic carbocycles. The van der Waals surface area contributed by atoms with Crippen LogP contribution in [0.3, 0.4) is 0 Å². The highest BCUT2D eigenvalue weighted by atomic mass is 35.5. The SMILES string of the molecule is OC(c1cccc(Cl)c1)C(NCC1CC1)c1ccc(Cl)cc1. The van der Waals surface area contributed by atoms with E-state index in [0.29, 0.717) is 10.0 Å². The number of hydrogen-bond acceptors (Lipinski definition) is 2. The fourth-order valence-electron chi connectivity index (χ4n) is 2.58. The van der Waals surface area contributed by atoms with Crippen LogP contribution in [-0.2, 0) is 0 Å². The van der Waals surface area contributed by atoms with Crippen LogP contribution in [0, 0.1) is 5.92 Å². The summed E-state index contributed by atoms with van der Waals surface area (Å²) in [5.41, 5.74) is 1.84. The molecule has 0 aromatic heterocycles. The second-order valence-electron chi connectivity index (χ2n) is 5.88. The van der Waals surface area contributed by atoms with Crippen LogP contribution in [0.15, 0.2) is 48.5 Å². The molecule has 0 heterocycles. The molecule has 4 heteroatoms. The molecule has 0 spiro atoms. The zero-order chi connectivity index (χ0) is 15.5. The largest absolute Gasteiger partial charge is 0.386 e. The van der Waals surface area contributed by atoms with E-state index in [1.165, 1.54) is 12.8 Å². The van der Waals surface area contributed by atoms with Crippen LogP contribution < -0.4 is 5.32 Å². The molecule has 1 saturated carbocycles. The molecule has 2 N–H and O–H groups in total. The first-order valence-electron chi connectivity index (χ1n) is 7.56. The Morgan fingerprint density at radius 1 is 1.00 bits per heavy atom. The Kier molecular flexibility index (Phi) is 5.04. The van der Waals surface area contributed by atoms with E-state index in [4.69, 9.17) is 23.2 Å². The van der Waals surface area contributed by atoms with Gasteiger partial charge in [-0.1, -0.05) is 47.5 Å². The average molecular weight is 336 g/mol. The van der Waals surface area contributed by atoms with Crippen LogP contribution in [0.25, 0.3) is 0 Å². The van der Waals surface area contributed by atoms with Gasteiger partial charge in [-0.2, -0.15) is 0 Å². The molecular weight excluding hydrogens is 317 g/mol. The Labute approximate surface area is 141 Å². The number of aliphatic hydroxyl groups is 1. The molecule has 0 bridgehead atoms. The minimum Gasteiger partial charge on any atom is -0.386 e. The molecule has 2 unspecified atom stereocenters. The highest BCUT2D eigenvalue weighted by molar-refractivity contribution is 6.30. The summed E-state index contributed by atoms with van der Waals surface area (Å²) in [6.45, 7) is 0.922. The third-order valence-electron chi connectivity index (χ3n) is 4.06. The zero-order valence-corrected chi connectivity index (χ0v) is 13.7. The number of aliphatic hydroxyl groups excluding tert-OH is 1. The maximum Gasteiger partial charge on any atom is 0.0985 e. The second kappa shape index (κ2) is 7.01. The van der Waals surface area contributed by atoms with Crippen LogP contribution >= 0.6 is 23.2 Å². The lowest BCUT2D eigenvalue weighted by Crippen LogP contribution is -2.29. The minimum atomic E-state index is -0.654. The maximum atomic E-state index is 10.8. The van der Waals surface area contributed by atoms with E-state index in [9.17, 15) is 5.11 Å².